The predicted molar refractivity (Wildman–Crippen MR) is 86.3 cm³/mol. The fraction of sp³-hybridized carbons (Fsp3) is 0.471. The van der Waals surface area contributed by atoms with Crippen molar-refractivity contribution in [2.24, 2.45) is 5.92 Å². The number of carbonyl (C=O) groups is 1. The van der Waals surface area contributed by atoms with E-state index in [0.29, 0.717) is 11.5 Å². The minimum atomic E-state index is -0.436. The first kappa shape index (κ1) is 16.2. The number of nitrogens with zero attached hydrogens (tertiary/aromatic N) is 2. The van der Waals surface area contributed by atoms with Gasteiger partial charge in [-0.25, -0.2) is 0 Å². The molecule has 0 aliphatic heterocycles. The molecule has 0 saturated heterocycles. The van der Waals surface area contributed by atoms with Gasteiger partial charge in [-0.1, -0.05) is 31.9 Å². The topological polar surface area (TPSA) is 63.5 Å². The highest BCUT2D eigenvalue weighted by Crippen LogP contribution is 2.27. The number of carbonyl (C=O) groups excluding carboxylic acids is 1. The Kier molecular flexibility index (Phi) is 5.31. The van der Waals surface area contributed by atoms with E-state index in [4.69, 9.17) is 0 Å². The Labute approximate surface area is 130 Å². The Hall–Kier alpha value is -2.17. The first-order valence-corrected chi connectivity index (χ1v) is 7.68. The Morgan fingerprint density at radius 1 is 1.36 bits per heavy atom. The molecule has 5 heteroatoms. The Morgan fingerprint density at radius 2 is 2.09 bits per heavy atom. The normalized spacial score (nSPS) is 21.7. The number of amides is 1. The molecule has 2 atom stereocenters. The van der Waals surface area contributed by atoms with Gasteiger partial charge in [0, 0.05) is 31.3 Å². The number of hydrogen-bond acceptors (Lipinski definition) is 3. The molecule has 1 aromatic carbocycles. The lowest BCUT2D eigenvalue weighted by atomic mass is 9.85. The molecule has 5 nitrogen and oxygen atoms in total. The molecule has 0 bridgehead atoms. The summed E-state index contributed by atoms with van der Waals surface area (Å²) in [6, 6.07) is 6.56. The molecule has 2 unspecified atom stereocenters. The SMILES string of the molecule is CC1CCCCC1N(C)C(=O)/C=C/c1cccc([N+](=O)[O-])c1. The van der Waals surface area contributed by atoms with Crippen molar-refractivity contribution in [3.8, 4) is 0 Å². The predicted octanol–water partition coefficient (Wildman–Crippen LogP) is 3.65. The van der Waals surface area contributed by atoms with Crippen LogP contribution in [0.2, 0.25) is 0 Å². The zero-order valence-corrected chi connectivity index (χ0v) is 13.1. The lowest BCUT2D eigenvalue weighted by molar-refractivity contribution is -0.384. The summed E-state index contributed by atoms with van der Waals surface area (Å²) < 4.78 is 0. The molecule has 0 radical (unpaired) electrons. The molecule has 1 saturated carbocycles. The van der Waals surface area contributed by atoms with E-state index < -0.39 is 4.92 Å². The molecule has 1 fully saturated rings. The van der Waals surface area contributed by atoms with Gasteiger partial charge in [-0.05, 0) is 30.4 Å². The number of non-ortho nitro benzene ring substituents is 1. The molecule has 1 aromatic rings. The summed E-state index contributed by atoms with van der Waals surface area (Å²) in [5, 5.41) is 10.7. The first-order valence-electron chi connectivity index (χ1n) is 7.68. The molecule has 118 valence electrons. The van der Waals surface area contributed by atoms with Crippen LogP contribution in [-0.2, 0) is 4.79 Å². The number of hydrogen-bond donors (Lipinski definition) is 0. The van der Waals surface area contributed by atoms with Gasteiger partial charge in [-0.2, -0.15) is 0 Å². The Bertz CT molecular complexity index is 583. The molecule has 1 aliphatic rings. The van der Waals surface area contributed by atoms with E-state index in [9.17, 15) is 14.9 Å². The maximum Gasteiger partial charge on any atom is 0.270 e. The fourth-order valence-corrected chi connectivity index (χ4v) is 3.06. The van der Waals surface area contributed by atoms with E-state index >= 15 is 0 Å². The van der Waals surface area contributed by atoms with Crippen LogP contribution in [0, 0.1) is 16.0 Å². The maximum absolute atomic E-state index is 12.3. The van der Waals surface area contributed by atoms with Crippen molar-refractivity contribution in [3.05, 3.63) is 46.0 Å². The van der Waals surface area contributed by atoms with Gasteiger partial charge in [-0.15, -0.1) is 0 Å². The van der Waals surface area contributed by atoms with E-state index in [2.05, 4.69) is 6.92 Å². The summed E-state index contributed by atoms with van der Waals surface area (Å²) in [4.78, 5) is 24.4. The molecule has 0 heterocycles. The summed E-state index contributed by atoms with van der Waals surface area (Å²) in [5.74, 6) is 0.471. The van der Waals surface area contributed by atoms with E-state index in [1.807, 2.05) is 7.05 Å². The summed E-state index contributed by atoms with van der Waals surface area (Å²) >= 11 is 0. The van der Waals surface area contributed by atoms with Crippen LogP contribution in [0.25, 0.3) is 6.08 Å². The zero-order valence-electron chi connectivity index (χ0n) is 13.1. The largest absolute Gasteiger partial charge is 0.339 e. The lowest BCUT2D eigenvalue weighted by Crippen LogP contribution is -2.41. The molecular weight excluding hydrogens is 280 g/mol. The summed E-state index contributed by atoms with van der Waals surface area (Å²) in [5.41, 5.74) is 0.691. The highest BCUT2D eigenvalue weighted by molar-refractivity contribution is 5.91. The zero-order chi connectivity index (χ0) is 16.1. The highest BCUT2D eigenvalue weighted by atomic mass is 16.6. The highest BCUT2D eigenvalue weighted by Gasteiger charge is 2.26. The third-order valence-electron chi connectivity index (χ3n) is 4.41. The van der Waals surface area contributed by atoms with Gasteiger partial charge in [0.2, 0.25) is 5.91 Å². The van der Waals surface area contributed by atoms with Crippen molar-refractivity contribution in [3.63, 3.8) is 0 Å². The van der Waals surface area contributed by atoms with Crippen LogP contribution in [0.1, 0.15) is 38.2 Å². The number of likely N-dealkylation sites (N-methyl/N-ethyl adjacent to an activating group) is 1. The third kappa shape index (κ3) is 3.93. The first-order chi connectivity index (χ1) is 10.5. The van der Waals surface area contributed by atoms with Gasteiger partial charge in [0.05, 0.1) is 4.92 Å². The minimum Gasteiger partial charge on any atom is -0.339 e. The van der Waals surface area contributed by atoms with Crippen molar-refractivity contribution in [1.82, 2.24) is 4.90 Å². The minimum absolute atomic E-state index is 0.0313. The van der Waals surface area contributed by atoms with Gasteiger partial charge in [0.1, 0.15) is 0 Å². The number of rotatable bonds is 4. The van der Waals surface area contributed by atoms with Gasteiger partial charge in [-0.3, -0.25) is 14.9 Å². The second-order valence-electron chi connectivity index (χ2n) is 5.96. The Balaban J connectivity index is 2.04. The van der Waals surface area contributed by atoms with Crippen LogP contribution in [0.5, 0.6) is 0 Å². The van der Waals surface area contributed by atoms with Crippen molar-refractivity contribution < 1.29 is 9.72 Å². The van der Waals surface area contributed by atoms with Crippen LogP contribution in [0.3, 0.4) is 0 Å². The molecule has 1 amide bonds. The molecular formula is C17H22N2O3. The molecule has 0 aromatic heterocycles. The lowest BCUT2D eigenvalue weighted by Gasteiger charge is -2.35. The van der Waals surface area contributed by atoms with Crippen LogP contribution < -0.4 is 0 Å². The van der Waals surface area contributed by atoms with E-state index in [0.717, 1.165) is 12.8 Å². The molecule has 22 heavy (non-hydrogen) atoms. The summed E-state index contributed by atoms with van der Waals surface area (Å²) in [6.07, 6.45) is 7.76. The summed E-state index contributed by atoms with van der Waals surface area (Å²) in [7, 11) is 1.84. The Morgan fingerprint density at radius 3 is 2.77 bits per heavy atom. The van der Waals surface area contributed by atoms with E-state index in [1.165, 1.54) is 31.1 Å². The van der Waals surface area contributed by atoms with Crippen LogP contribution in [0.4, 0.5) is 5.69 Å². The van der Waals surface area contributed by atoms with Gasteiger partial charge >= 0.3 is 0 Å². The van der Waals surface area contributed by atoms with Crippen molar-refractivity contribution >= 4 is 17.7 Å². The number of benzene rings is 1. The fourth-order valence-electron chi connectivity index (χ4n) is 3.06. The smallest absolute Gasteiger partial charge is 0.270 e. The quantitative estimate of drug-likeness (QED) is 0.484. The van der Waals surface area contributed by atoms with Crippen LogP contribution >= 0.6 is 0 Å². The second-order valence-corrected chi connectivity index (χ2v) is 5.96. The van der Waals surface area contributed by atoms with E-state index in [-0.39, 0.29) is 17.6 Å². The molecule has 0 N–H and O–H groups in total. The average Bonchev–Trinajstić information content (AvgIpc) is 2.52. The standard InChI is InChI=1S/C17H22N2O3/c1-13-6-3-4-9-16(13)18(2)17(20)11-10-14-7-5-8-15(12-14)19(21)22/h5,7-8,10-13,16H,3-4,6,9H2,1-2H3/b11-10+. The van der Waals surface area contributed by atoms with Crippen molar-refractivity contribution in [2.75, 3.05) is 7.05 Å². The second kappa shape index (κ2) is 7.20. The van der Waals surface area contributed by atoms with Crippen LogP contribution in [0.15, 0.2) is 30.3 Å². The third-order valence-corrected chi connectivity index (χ3v) is 4.41. The van der Waals surface area contributed by atoms with Crippen LogP contribution in [-0.4, -0.2) is 28.8 Å². The van der Waals surface area contributed by atoms with Crippen molar-refractivity contribution in [1.29, 1.82) is 0 Å². The molecule has 1 aliphatic carbocycles. The molecule has 0 spiro atoms. The molecule has 2 rings (SSSR count). The number of nitro groups is 1. The maximum atomic E-state index is 12.3. The van der Waals surface area contributed by atoms with E-state index in [1.54, 1.807) is 23.1 Å². The monoisotopic (exact) mass is 302 g/mol. The average molecular weight is 302 g/mol. The van der Waals surface area contributed by atoms with Crippen molar-refractivity contribution in [2.45, 2.75) is 38.6 Å². The van der Waals surface area contributed by atoms with Gasteiger partial charge in [0.15, 0.2) is 0 Å². The number of nitro benzene ring substituents is 1. The van der Waals surface area contributed by atoms with Gasteiger partial charge < -0.3 is 4.90 Å². The summed E-state index contributed by atoms with van der Waals surface area (Å²) in [6.45, 7) is 2.19. The van der Waals surface area contributed by atoms with Gasteiger partial charge in [0.25, 0.3) is 5.69 Å².